The lowest BCUT2D eigenvalue weighted by Crippen LogP contribution is -2.23. The molecule has 3 aromatic rings. The average molecular weight is 411 g/mol. The summed E-state index contributed by atoms with van der Waals surface area (Å²) in [6.07, 6.45) is 1.71. The molecule has 1 heterocycles. The summed E-state index contributed by atoms with van der Waals surface area (Å²) in [5, 5.41) is 2.82. The van der Waals surface area contributed by atoms with Crippen LogP contribution in [0.2, 0.25) is 0 Å². The standard InChI is InChI=1S/C21H21N3O4S/c1-22-29(26,27)20-10-8-17(9-11-20)21(25)24-14-16-5-4-7-19(13-16)28-15-18-6-2-3-12-23-18/h2-13,22H,14-15H2,1H3,(H,24,25). The van der Waals surface area contributed by atoms with Gasteiger partial charge in [0, 0.05) is 18.3 Å². The quantitative estimate of drug-likeness (QED) is 0.594. The van der Waals surface area contributed by atoms with E-state index in [1.807, 2.05) is 42.5 Å². The monoisotopic (exact) mass is 411 g/mol. The summed E-state index contributed by atoms with van der Waals surface area (Å²) >= 11 is 0. The minimum absolute atomic E-state index is 0.106. The molecule has 0 unspecified atom stereocenters. The number of nitrogens with one attached hydrogen (secondary N) is 2. The van der Waals surface area contributed by atoms with Crippen LogP contribution in [0.1, 0.15) is 21.6 Å². The number of rotatable bonds is 8. The van der Waals surface area contributed by atoms with E-state index in [9.17, 15) is 13.2 Å². The third-order valence-electron chi connectivity index (χ3n) is 4.16. The largest absolute Gasteiger partial charge is 0.487 e. The Labute approximate surface area is 169 Å². The van der Waals surface area contributed by atoms with Crippen LogP contribution < -0.4 is 14.8 Å². The Kier molecular flexibility index (Phi) is 6.58. The van der Waals surface area contributed by atoms with Crippen molar-refractivity contribution in [3.63, 3.8) is 0 Å². The van der Waals surface area contributed by atoms with E-state index >= 15 is 0 Å². The average Bonchev–Trinajstić information content (AvgIpc) is 2.77. The van der Waals surface area contributed by atoms with Crippen molar-refractivity contribution < 1.29 is 17.9 Å². The van der Waals surface area contributed by atoms with E-state index in [4.69, 9.17) is 4.74 Å². The minimum Gasteiger partial charge on any atom is -0.487 e. The molecule has 0 bridgehead atoms. The third kappa shape index (κ3) is 5.63. The van der Waals surface area contributed by atoms with Crippen LogP contribution in [0.3, 0.4) is 0 Å². The van der Waals surface area contributed by atoms with E-state index in [-0.39, 0.29) is 10.8 Å². The highest BCUT2D eigenvalue weighted by Gasteiger charge is 2.12. The Hall–Kier alpha value is -3.23. The van der Waals surface area contributed by atoms with E-state index in [0.29, 0.717) is 24.5 Å². The highest BCUT2D eigenvalue weighted by molar-refractivity contribution is 7.89. The number of hydrogen-bond donors (Lipinski definition) is 2. The fourth-order valence-electron chi connectivity index (χ4n) is 2.57. The molecule has 29 heavy (non-hydrogen) atoms. The van der Waals surface area contributed by atoms with Gasteiger partial charge in [0.05, 0.1) is 10.6 Å². The van der Waals surface area contributed by atoms with Gasteiger partial charge in [-0.25, -0.2) is 13.1 Å². The van der Waals surface area contributed by atoms with Crippen molar-refractivity contribution in [1.82, 2.24) is 15.0 Å². The van der Waals surface area contributed by atoms with Gasteiger partial charge in [0.2, 0.25) is 10.0 Å². The molecule has 0 atom stereocenters. The predicted octanol–water partition coefficient (Wildman–Crippen LogP) is 2.50. The maximum absolute atomic E-state index is 12.3. The number of ether oxygens (including phenoxy) is 1. The lowest BCUT2D eigenvalue weighted by Gasteiger charge is -2.09. The molecule has 2 aromatic carbocycles. The molecule has 8 heteroatoms. The summed E-state index contributed by atoms with van der Waals surface area (Å²) in [6, 6.07) is 18.8. The minimum atomic E-state index is -3.53. The molecular formula is C21H21N3O4S. The fraction of sp³-hybridized carbons (Fsp3) is 0.143. The maximum atomic E-state index is 12.3. The van der Waals surface area contributed by atoms with E-state index in [0.717, 1.165) is 11.3 Å². The number of nitrogens with zero attached hydrogens (tertiary/aromatic N) is 1. The number of hydrogen-bond acceptors (Lipinski definition) is 5. The second kappa shape index (κ2) is 9.31. The number of sulfonamides is 1. The molecule has 0 aliphatic heterocycles. The summed E-state index contributed by atoms with van der Waals surface area (Å²) < 4.78 is 31.5. The molecule has 7 nitrogen and oxygen atoms in total. The summed E-state index contributed by atoms with van der Waals surface area (Å²) in [6.45, 7) is 0.675. The zero-order valence-corrected chi connectivity index (χ0v) is 16.6. The first kappa shape index (κ1) is 20.5. The number of carbonyl (C=O) groups excluding carboxylic acids is 1. The van der Waals surface area contributed by atoms with E-state index in [1.165, 1.54) is 31.3 Å². The zero-order chi connectivity index (χ0) is 20.7. The predicted molar refractivity (Wildman–Crippen MR) is 109 cm³/mol. The van der Waals surface area contributed by atoms with Gasteiger partial charge in [0.25, 0.3) is 5.91 Å². The molecule has 0 radical (unpaired) electrons. The molecule has 2 N–H and O–H groups in total. The van der Waals surface area contributed by atoms with Crippen LogP contribution in [0.4, 0.5) is 0 Å². The molecule has 0 fully saturated rings. The second-order valence-electron chi connectivity index (χ2n) is 6.17. The fourth-order valence-corrected chi connectivity index (χ4v) is 3.30. The van der Waals surface area contributed by atoms with Crippen LogP contribution in [-0.4, -0.2) is 26.4 Å². The van der Waals surface area contributed by atoms with Crippen molar-refractivity contribution >= 4 is 15.9 Å². The molecule has 150 valence electrons. The van der Waals surface area contributed by atoms with Crippen LogP contribution in [0.15, 0.2) is 77.8 Å². The van der Waals surface area contributed by atoms with Crippen molar-refractivity contribution in [2.75, 3.05) is 7.05 Å². The van der Waals surface area contributed by atoms with E-state index < -0.39 is 10.0 Å². The molecule has 0 saturated heterocycles. The van der Waals surface area contributed by atoms with Gasteiger partial charge >= 0.3 is 0 Å². The normalized spacial score (nSPS) is 11.1. The zero-order valence-electron chi connectivity index (χ0n) is 15.8. The first-order valence-electron chi connectivity index (χ1n) is 8.91. The van der Waals surface area contributed by atoms with Gasteiger partial charge in [-0.3, -0.25) is 9.78 Å². The lowest BCUT2D eigenvalue weighted by molar-refractivity contribution is 0.0950. The van der Waals surface area contributed by atoms with Gasteiger partial charge in [-0.05, 0) is 61.1 Å². The first-order chi connectivity index (χ1) is 14.0. The van der Waals surface area contributed by atoms with Gasteiger partial charge in [0.15, 0.2) is 0 Å². The molecule has 1 amide bonds. The van der Waals surface area contributed by atoms with Crippen LogP contribution in [0.25, 0.3) is 0 Å². The van der Waals surface area contributed by atoms with Crippen molar-refractivity contribution in [2.24, 2.45) is 0 Å². The highest BCUT2D eigenvalue weighted by atomic mass is 32.2. The van der Waals surface area contributed by atoms with Crippen LogP contribution in [-0.2, 0) is 23.2 Å². The third-order valence-corrected chi connectivity index (χ3v) is 5.59. The molecule has 1 aromatic heterocycles. The maximum Gasteiger partial charge on any atom is 0.251 e. The Morgan fingerprint density at radius 2 is 1.83 bits per heavy atom. The van der Waals surface area contributed by atoms with Gasteiger partial charge in [-0.2, -0.15) is 0 Å². The van der Waals surface area contributed by atoms with Gasteiger partial charge < -0.3 is 10.1 Å². The van der Waals surface area contributed by atoms with Crippen molar-refractivity contribution in [3.8, 4) is 5.75 Å². The molecule has 0 aliphatic carbocycles. The van der Waals surface area contributed by atoms with Crippen molar-refractivity contribution in [3.05, 3.63) is 89.7 Å². The first-order valence-corrected chi connectivity index (χ1v) is 10.4. The summed E-state index contributed by atoms with van der Waals surface area (Å²) in [7, 11) is -2.19. The number of carbonyl (C=O) groups is 1. The summed E-state index contributed by atoms with van der Waals surface area (Å²) in [5.41, 5.74) is 2.09. The lowest BCUT2D eigenvalue weighted by atomic mass is 10.2. The van der Waals surface area contributed by atoms with Gasteiger partial charge in [0.1, 0.15) is 12.4 Å². The topological polar surface area (TPSA) is 97.4 Å². The molecule has 3 rings (SSSR count). The number of amides is 1. The van der Waals surface area contributed by atoms with Gasteiger partial charge in [-0.15, -0.1) is 0 Å². The second-order valence-corrected chi connectivity index (χ2v) is 8.06. The highest BCUT2D eigenvalue weighted by Crippen LogP contribution is 2.15. The van der Waals surface area contributed by atoms with E-state index in [1.54, 1.807) is 6.20 Å². The molecule has 0 aliphatic rings. The van der Waals surface area contributed by atoms with Gasteiger partial charge in [-0.1, -0.05) is 18.2 Å². The van der Waals surface area contributed by atoms with Crippen molar-refractivity contribution in [1.29, 1.82) is 0 Å². The van der Waals surface area contributed by atoms with Crippen LogP contribution >= 0.6 is 0 Å². The van der Waals surface area contributed by atoms with E-state index in [2.05, 4.69) is 15.0 Å². The number of pyridine rings is 1. The Balaban J connectivity index is 1.57. The number of benzene rings is 2. The Bertz CT molecular complexity index is 1070. The Morgan fingerprint density at radius 3 is 2.52 bits per heavy atom. The van der Waals surface area contributed by atoms with Crippen LogP contribution in [0, 0.1) is 0 Å². The van der Waals surface area contributed by atoms with Crippen molar-refractivity contribution in [2.45, 2.75) is 18.0 Å². The SMILES string of the molecule is CNS(=O)(=O)c1ccc(C(=O)NCc2cccc(OCc3ccccn3)c2)cc1. The smallest absolute Gasteiger partial charge is 0.251 e. The summed E-state index contributed by atoms with van der Waals surface area (Å²) in [4.78, 5) is 16.6. The molecular weight excluding hydrogens is 390 g/mol. The Morgan fingerprint density at radius 1 is 1.03 bits per heavy atom. The molecule has 0 saturated carbocycles. The van der Waals surface area contributed by atoms with Crippen LogP contribution in [0.5, 0.6) is 5.75 Å². The number of aromatic nitrogens is 1. The molecule has 0 spiro atoms. The summed E-state index contributed by atoms with van der Waals surface area (Å²) in [5.74, 6) is 0.391.